The van der Waals surface area contributed by atoms with Crippen molar-refractivity contribution < 1.29 is 48.0 Å². The predicted molar refractivity (Wildman–Crippen MR) is 193 cm³/mol. The van der Waals surface area contributed by atoms with Crippen LogP contribution in [-0.2, 0) is 35.1 Å². The Morgan fingerprint density at radius 1 is 1.04 bits per heavy atom. The number of carbonyl (C=O) groups is 3. The van der Waals surface area contributed by atoms with Crippen LogP contribution in [0.3, 0.4) is 0 Å². The van der Waals surface area contributed by atoms with Gasteiger partial charge in [0, 0.05) is 24.0 Å². The number of hydrogen-bond acceptors (Lipinski definition) is 16. The second-order valence-electron chi connectivity index (χ2n) is 10.9. The number of hydrazone groups is 1. The summed E-state index contributed by atoms with van der Waals surface area (Å²) in [6.07, 6.45) is -3.09. The van der Waals surface area contributed by atoms with Crippen LogP contribution in [0.15, 0.2) is 71.8 Å². The van der Waals surface area contributed by atoms with E-state index in [1.165, 1.54) is 25.6 Å². The molecule has 0 aliphatic carbocycles. The highest BCUT2D eigenvalue weighted by Gasteiger charge is 2.22. The number of carbonyl (C=O) groups excluding carboxylic acids is 3. The number of nitrogens with zero attached hydrogens (tertiary/aromatic N) is 5. The van der Waals surface area contributed by atoms with Gasteiger partial charge in [-0.1, -0.05) is 54.6 Å². The highest BCUT2D eigenvalue weighted by molar-refractivity contribution is 7.99. The normalized spacial score (nSPS) is 12.3. The van der Waals surface area contributed by atoms with Gasteiger partial charge in [-0.3, -0.25) is 9.36 Å². The number of rotatable bonds is 20. The van der Waals surface area contributed by atoms with E-state index in [4.69, 9.17) is 35.3 Å². The molecule has 0 aliphatic heterocycles. The molecule has 1 heterocycles. The predicted octanol–water partition coefficient (Wildman–Crippen LogP) is 4.06. The Morgan fingerprint density at radius 3 is 2.47 bits per heavy atom. The smallest absolute Gasteiger partial charge is 0.465 e. The second kappa shape index (κ2) is 19.5. The van der Waals surface area contributed by atoms with Gasteiger partial charge in [-0.15, -0.1) is 15.2 Å². The minimum atomic E-state index is -1.08. The Labute approximate surface area is 308 Å². The Hall–Kier alpha value is -6.08. The lowest BCUT2D eigenvalue weighted by molar-refractivity contribution is -0.756. The van der Waals surface area contributed by atoms with E-state index in [1.807, 2.05) is 43.3 Å². The molecule has 0 fully saturated rings. The van der Waals surface area contributed by atoms with Gasteiger partial charge in [0.25, 0.3) is 17.6 Å². The number of para-hydroxylation sites is 1. The molecular formula is C34H39N7O11S. The largest absolute Gasteiger partial charge is 0.510 e. The molecule has 0 amide bonds. The van der Waals surface area contributed by atoms with E-state index in [-0.39, 0.29) is 31.1 Å². The molecule has 18 nitrogen and oxygen atoms in total. The van der Waals surface area contributed by atoms with Crippen molar-refractivity contribution in [3.8, 4) is 17.1 Å². The van der Waals surface area contributed by atoms with Gasteiger partial charge in [-0.2, -0.15) is 21.9 Å². The van der Waals surface area contributed by atoms with Crippen LogP contribution < -0.4 is 16.3 Å². The number of imidazole rings is 1. The topological polar surface area (TPSA) is 235 Å². The monoisotopic (exact) mass is 753 g/mol. The highest BCUT2D eigenvalue weighted by Crippen LogP contribution is 2.29. The van der Waals surface area contributed by atoms with Crippen LogP contribution in [0, 0.1) is 10.1 Å². The van der Waals surface area contributed by atoms with E-state index in [2.05, 4.69) is 14.9 Å². The first-order valence-electron chi connectivity index (χ1n) is 16.2. The zero-order valence-corrected chi connectivity index (χ0v) is 29.9. The summed E-state index contributed by atoms with van der Waals surface area (Å²) in [5, 5.41) is 14.4. The molecule has 0 aliphatic rings. The summed E-state index contributed by atoms with van der Waals surface area (Å²) < 4.78 is 27.8. The molecule has 0 saturated heterocycles. The SMILES string of the molecule is CCOc1nc2cccc(C(=O)OC(C)OC=O)c2n1Cc1ccc(-c2ccccc2/C(N)=N/N(N)C(C)OC(=O)OCCSCCO[N+](=O)[O-])cc1. The summed E-state index contributed by atoms with van der Waals surface area (Å²) in [4.78, 5) is 54.8. The van der Waals surface area contributed by atoms with Crippen LogP contribution in [0.1, 0.15) is 42.3 Å². The Kier molecular flexibility index (Phi) is 14.6. The quantitative estimate of drug-likeness (QED) is 0.0149. The van der Waals surface area contributed by atoms with Gasteiger partial charge in [0.15, 0.2) is 5.84 Å². The number of ether oxygens (including phenoxy) is 5. The maximum Gasteiger partial charge on any atom is 0.510 e. The van der Waals surface area contributed by atoms with Crippen molar-refractivity contribution in [1.29, 1.82) is 0 Å². The molecular weight excluding hydrogens is 714 g/mol. The third-order valence-corrected chi connectivity index (χ3v) is 8.20. The number of benzene rings is 3. The zero-order valence-electron chi connectivity index (χ0n) is 29.1. The molecule has 0 spiro atoms. The summed E-state index contributed by atoms with van der Waals surface area (Å²) in [5.41, 5.74) is 10.6. The molecule has 0 bridgehead atoms. The summed E-state index contributed by atoms with van der Waals surface area (Å²) in [7, 11) is 0. The lowest BCUT2D eigenvalue weighted by Crippen LogP contribution is -2.40. The zero-order chi connectivity index (χ0) is 38.3. The first-order chi connectivity index (χ1) is 25.5. The van der Waals surface area contributed by atoms with Crippen LogP contribution in [0.4, 0.5) is 4.79 Å². The fourth-order valence-electron chi connectivity index (χ4n) is 4.91. The van der Waals surface area contributed by atoms with Gasteiger partial charge >= 0.3 is 12.1 Å². The Bertz CT molecular complexity index is 1910. The second-order valence-corrected chi connectivity index (χ2v) is 12.1. The molecule has 2 unspecified atom stereocenters. The number of thioether (sulfide) groups is 1. The van der Waals surface area contributed by atoms with Crippen molar-refractivity contribution in [2.24, 2.45) is 16.7 Å². The first kappa shape index (κ1) is 39.7. The third kappa shape index (κ3) is 11.2. The van der Waals surface area contributed by atoms with Crippen LogP contribution >= 0.6 is 11.8 Å². The molecule has 4 aromatic rings. The molecule has 19 heteroatoms. The number of hydrazine groups is 1. The third-order valence-electron chi connectivity index (χ3n) is 7.29. The van der Waals surface area contributed by atoms with Gasteiger partial charge in [-0.25, -0.2) is 15.4 Å². The van der Waals surface area contributed by atoms with Crippen molar-refractivity contribution in [3.05, 3.63) is 93.5 Å². The first-order valence-corrected chi connectivity index (χ1v) is 17.3. The van der Waals surface area contributed by atoms with Gasteiger partial charge < -0.3 is 34.3 Å². The molecule has 0 radical (unpaired) electrons. The van der Waals surface area contributed by atoms with E-state index >= 15 is 0 Å². The number of amidine groups is 1. The lowest BCUT2D eigenvalue weighted by Gasteiger charge is -2.21. The van der Waals surface area contributed by atoms with E-state index in [1.54, 1.807) is 34.9 Å². The fraction of sp³-hybridized carbons (Fsp3) is 0.324. The lowest BCUT2D eigenvalue weighted by atomic mass is 9.98. The van der Waals surface area contributed by atoms with Gasteiger partial charge in [-0.05, 0) is 42.7 Å². The summed E-state index contributed by atoms with van der Waals surface area (Å²) in [6, 6.07) is 20.3. The number of fused-ring (bicyclic) bond motifs is 1. The van der Waals surface area contributed by atoms with Gasteiger partial charge in [0.1, 0.15) is 13.2 Å². The molecule has 282 valence electrons. The maximum absolute atomic E-state index is 13.1. The van der Waals surface area contributed by atoms with E-state index in [0.29, 0.717) is 47.3 Å². The molecule has 4 rings (SSSR count). The van der Waals surface area contributed by atoms with E-state index < -0.39 is 29.7 Å². The van der Waals surface area contributed by atoms with E-state index in [9.17, 15) is 24.5 Å². The molecule has 3 aromatic carbocycles. The Morgan fingerprint density at radius 2 is 1.75 bits per heavy atom. The van der Waals surface area contributed by atoms with Crippen molar-refractivity contribution in [1.82, 2.24) is 14.7 Å². The summed E-state index contributed by atoms with van der Waals surface area (Å²) in [6.45, 7) is 5.54. The van der Waals surface area contributed by atoms with Crippen molar-refractivity contribution in [2.45, 2.75) is 39.8 Å². The number of hydrogen-bond donors (Lipinski definition) is 2. The molecule has 0 saturated carbocycles. The van der Waals surface area contributed by atoms with Crippen molar-refractivity contribution in [2.75, 3.05) is 31.3 Å². The van der Waals surface area contributed by atoms with Crippen LogP contribution in [0.5, 0.6) is 6.01 Å². The summed E-state index contributed by atoms with van der Waals surface area (Å²) in [5.74, 6) is 6.15. The van der Waals surface area contributed by atoms with E-state index in [0.717, 1.165) is 21.8 Å². The van der Waals surface area contributed by atoms with Gasteiger partial charge in [0.2, 0.25) is 12.5 Å². The Balaban J connectivity index is 1.46. The minimum Gasteiger partial charge on any atom is -0.465 e. The average Bonchev–Trinajstić information content (AvgIpc) is 3.48. The highest BCUT2D eigenvalue weighted by atomic mass is 32.2. The molecule has 4 N–H and O–H groups in total. The molecule has 2 atom stereocenters. The maximum atomic E-state index is 13.1. The van der Waals surface area contributed by atoms with Crippen molar-refractivity contribution >= 4 is 47.2 Å². The molecule has 53 heavy (non-hydrogen) atoms. The van der Waals surface area contributed by atoms with Crippen LogP contribution in [-0.4, -0.2) is 88.0 Å². The summed E-state index contributed by atoms with van der Waals surface area (Å²) >= 11 is 1.30. The standard InChI is InChI=1S/C34H39N7O11S/c1-4-47-33-37-29-11-7-10-28(32(43)52-23(3)49-21-42)30(29)39(33)20-24-12-14-25(15-13-24)26-8-5-6-9-27(26)31(35)38-40(36)22(2)51-34(44)48-16-18-53-19-17-50-41(45)46/h5-15,21-23H,4,16-20,36H2,1-3H3,(H2,35,38). The number of esters is 1. The van der Waals surface area contributed by atoms with Crippen LogP contribution in [0.2, 0.25) is 0 Å². The fourth-order valence-corrected chi connectivity index (χ4v) is 5.51. The molecule has 1 aromatic heterocycles. The van der Waals surface area contributed by atoms with Crippen LogP contribution in [0.25, 0.3) is 22.2 Å². The van der Waals surface area contributed by atoms with Gasteiger partial charge in [0.05, 0.1) is 29.7 Å². The minimum absolute atomic E-state index is 0.0116. The van der Waals surface area contributed by atoms with Crippen molar-refractivity contribution in [3.63, 3.8) is 0 Å². The number of aromatic nitrogens is 2. The average molecular weight is 754 g/mol. The number of nitrogens with two attached hydrogens (primary N) is 2.